The van der Waals surface area contributed by atoms with Crippen molar-refractivity contribution in [1.82, 2.24) is 0 Å². The highest BCUT2D eigenvalue weighted by molar-refractivity contribution is 5.55. The second kappa shape index (κ2) is 6.92. The Morgan fingerprint density at radius 1 is 1.00 bits per heavy atom. The number of benzene rings is 2. The summed E-state index contributed by atoms with van der Waals surface area (Å²) in [6.45, 7) is 2.83. The topological polar surface area (TPSA) is 30.5 Å². The third kappa shape index (κ3) is 3.84. The number of hydrogen-bond donors (Lipinski definition) is 1. The van der Waals surface area contributed by atoms with Crippen molar-refractivity contribution in [3.8, 4) is 11.5 Å². The van der Waals surface area contributed by atoms with Crippen LogP contribution >= 0.6 is 0 Å². The largest absolute Gasteiger partial charge is 0.493 e. The van der Waals surface area contributed by atoms with Crippen LogP contribution in [0.2, 0.25) is 0 Å². The van der Waals surface area contributed by atoms with Gasteiger partial charge in [-0.3, -0.25) is 0 Å². The third-order valence-electron chi connectivity index (χ3n) is 2.94. The van der Waals surface area contributed by atoms with E-state index in [1.165, 1.54) is 12.1 Å². The van der Waals surface area contributed by atoms with Crippen molar-refractivity contribution in [2.75, 3.05) is 19.0 Å². The standard InChI is InChI=1S/C16H17F2NO2/c1-3-21-15-7-5-12(9-16(15)20-2)19-10-11-4-6-13(17)14(18)8-11/h4-9,19H,3,10H2,1-2H3. The first-order chi connectivity index (χ1) is 10.1. The molecule has 2 rings (SSSR count). The van der Waals surface area contributed by atoms with Gasteiger partial charge in [0.2, 0.25) is 0 Å². The summed E-state index contributed by atoms with van der Waals surface area (Å²) < 4.78 is 36.7. The molecule has 3 nitrogen and oxygen atoms in total. The van der Waals surface area contributed by atoms with Crippen LogP contribution in [0.3, 0.4) is 0 Å². The molecule has 2 aromatic carbocycles. The van der Waals surface area contributed by atoms with Crippen molar-refractivity contribution in [1.29, 1.82) is 0 Å². The SMILES string of the molecule is CCOc1ccc(NCc2ccc(F)c(F)c2)cc1OC. The van der Waals surface area contributed by atoms with Crippen LogP contribution in [-0.4, -0.2) is 13.7 Å². The van der Waals surface area contributed by atoms with Crippen molar-refractivity contribution in [2.45, 2.75) is 13.5 Å². The number of anilines is 1. The average molecular weight is 293 g/mol. The molecule has 2 aromatic rings. The Morgan fingerprint density at radius 3 is 2.48 bits per heavy atom. The van der Waals surface area contributed by atoms with Gasteiger partial charge in [-0.2, -0.15) is 0 Å². The predicted molar refractivity (Wildman–Crippen MR) is 77.8 cm³/mol. The molecule has 5 heteroatoms. The number of halogens is 2. The molecule has 0 radical (unpaired) electrons. The van der Waals surface area contributed by atoms with Crippen LogP contribution in [0.4, 0.5) is 14.5 Å². The van der Waals surface area contributed by atoms with E-state index in [1.54, 1.807) is 19.2 Å². The molecule has 0 spiro atoms. The number of rotatable bonds is 6. The van der Waals surface area contributed by atoms with Crippen LogP contribution in [0.15, 0.2) is 36.4 Å². The molecule has 0 unspecified atom stereocenters. The fraction of sp³-hybridized carbons (Fsp3) is 0.250. The summed E-state index contributed by atoms with van der Waals surface area (Å²) in [5, 5.41) is 3.13. The van der Waals surface area contributed by atoms with Crippen LogP contribution in [0.5, 0.6) is 11.5 Å². The van der Waals surface area contributed by atoms with Crippen LogP contribution < -0.4 is 14.8 Å². The molecule has 0 aliphatic rings. The second-order valence-corrected chi connectivity index (χ2v) is 4.40. The van der Waals surface area contributed by atoms with Gasteiger partial charge in [0.25, 0.3) is 0 Å². The summed E-state index contributed by atoms with van der Waals surface area (Å²) in [5.74, 6) is -0.412. The Kier molecular flexibility index (Phi) is 4.98. The third-order valence-corrected chi connectivity index (χ3v) is 2.94. The van der Waals surface area contributed by atoms with Gasteiger partial charge in [0.15, 0.2) is 23.1 Å². The molecule has 0 aliphatic heterocycles. The maximum atomic E-state index is 13.1. The fourth-order valence-electron chi connectivity index (χ4n) is 1.91. The van der Waals surface area contributed by atoms with Crippen LogP contribution in [0, 0.1) is 11.6 Å². The van der Waals surface area contributed by atoms with Gasteiger partial charge in [0.1, 0.15) is 0 Å². The van der Waals surface area contributed by atoms with Gasteiger partial charge in [0, 0.05) is 18.3 Å². The van der Waals surface area contributed by atoms with Crippen LogP contribution in [0.1, 0.15) is 12.5 Å². The number of ether oxygens (including phenoxy) is 2. The minimum atomic E-state index is -0.849. The lowest BCUT2D eigenvalue weighted by Gasteiger charge is -2.12. The van der Waals surface area contributed by atoms with Crippen molar-refractivity contribution >= 4 is 5.69 Å². The molecule has 0 saturated carbocycles. The first-order valence-electron chi connectivity index (χ1n) is 6.62. The molecule has 0 bridgehead atoms. The van der Waals surface area contributed by atoms with Crippen molar-refractivity contribution in [2.24, 2.45) is 0 Å². The zero-order valence-electron chi connectivity index (χ0n) is 12.0. The summed E-state index contributed by atoms with van der Waals surface area (Å²) in [6, 6.07) is 9.27. The molecule has 0 aliphatic carbocycles. The zero-order chi connectivity index (χ0) is 15.2. The first-order valence-corrected chi connectivity index (χ1v) is 6.62. The lowest BCUT2D eigenvalue weighted by Crippen LogP contribution is -2.02. The first kappa shape index (κ1) is 15.1. The summed E-state index contributed by atoms with van der Waals surface area (Å²) in [7, 11) is 1.57. The fourth-order valence-corrected chi connectivity index (χ4v) is 1.91. The van der Waals surface area contributed by atoms with E-state index in [0.29, 0.717) is 30.2 Å². The molecule has 21 heavy (non-hydrogen) atoms. The van der Waals surface area contributed by atoms with Gasteiger partial charge >= 0.3 is 0 Å². The smallest absolute Gasteiger partial charge is 0.162 e. The summed E-state index contributed by atoms with van der Waals surface area (Å²) >= 11 is 0. The molecule has 0 fully saturated rings. The van der Waals surface area contributed by atoms with E-state index in [1.807, 2.05) is 13.0 Å². The molecule has 1 N–H and O–H groups in total. The highest BCUT2D eigenvalue weighted by Gasteiger charge is 2.06. The minimum absolute atomic E-state index is 0.383. The van der Waals surface area contributed by atoms with E-state index in [9.17, 15) is 8.78 Å². The molecule has 0 saturated heterocycles. The monoisotopic (exact) mass is 293 g/mol. The molecule has 112 valence electrons. The zero-order valence-corrected chi connectivity index (χ0v) is 12.0. The molecule has 0 heterocycles. The quantitative estimate of drug-likeness (QED) is 0.873. The maximum Gasteiger partial charge on any atom is 0.162 e. The Morgan fingerprint density at radius 2 is 1.81 bits per heavy atom. The van der Waals surface area contributed by atoms with E-state index in [-0.39, 0.29) is 0 Å². The van der Waals surface area contributed by atoms with Gasteiger partial charge in [-0.15, -0.1) is 0 Å². The van der Waals surface area contributed by atoms with Gasteiger partial charge < -0.3 is 14.8 Å². The molecule has 0 aromatic heterocycles. The molecule has 0 atom stereocenters. The van der Waals surface area contributed by atoms with Crippen molar-refractivity contribution in [3.05, 3.63) is 53.6 Å². The van der Waals surface area contributed by atoms with Crippen LogP contribution in [0.25, 0.3) is 0 Å². The molecular weight excluding hydrogens is 276 g/mol. The summed E-state index contributed by atoms with van der Waals surface area (Å²) in [4.78, 5) is 0. The Bertz CT molecular complexity index is 617. The van der Waals surface area contributed by atoms with Gasteiger partial charge in [-0.25, -0.2) is 8.78 Å². The maximum absolute atomic E-state index is 13.1. The highest BCUT2D eigenvalue weighted by Crippen LogP contribution is 2.30. The van der Waals surface area contributed by atoms with Crippen LogP contribution in [-0.2, 0) is 6.54 Å². The number of hydrogen-bond acceptors (Lipinski definition) is 3. The highest BCUT2D eigenvalue weighted by atomic mass is 19.2. The van der Waals surface area contributed by atoms with Gasteiger partial charge in [0.05, 0.1) is 13.7 Å². The number of methoxy groups -OCH3 is 1. The van der Waals surface area contributed by atoms with Gasteiger partial charge in [-0.05, 0) is 36.8 Å². The number of nitrogens with one attached hydrogen (secondary N) is 1. The predicted octanol–water partition coefficient (Wildman–Crippen LogP) is 3.98. The van der Waals surface area contributed by atoms with E-state index in [4.69, 9.17) is 9.47 Å². The minimum Gasteiger partial charge on any atom is -0.493 e. The van der Waals surface area contributed by atoms with Gasteiger partial charge in [-0.1, -0.05) is 6.07 Å². The average Bonchev–Trinajstić information content (AvgIpc) is 2.49. The lowest BCUT2D eigenvalue weighted by atomic mass is 10.2. The Hall–Kier alpha value is -2.30. The Balaban J connectivity index is 2.07. The van der Waals surface area contributed by atoms with Crippen molar-refractivity contribution < 1.29 is 18.3 Å². The summed E-state index contributed by atoms with van der Waals surface area (Å²) in [5.41, 5.74) is 1.46. The van der Waals surface area contributed by atoms with E-state index in [2.05, 4.69) is 5.32 Å². The van der Waals surface area contributed by atoms with Crippen molar-refractivity contribution in [3.63, 3.8) is 0 Å². The lowest BCUT2D eigenvalue weighted by molar-refractivity contribution is 0.311. The molecule has 0 amide bonds. The second-order valence-electron chi connectivity index (χ2n) is 4.40. The van der Waals surface area contributed by atoms with E-state index in [0.717, 1.165) is 11.8 Å². The Labute approximate surface area is 122 Å². The van der Waals surface area contributed by atoms with E-state index < -0.39 is 11.6 Å². The molecular formula is C16H17F2NO2. The normalized spacial score (nSPS) is 10.3. The summed E-state index contributed by atoms with van der Waals surface area (Å²) in [6.07, 6.45) is 0. The van der Waals surface area contributed by atoms with E-state index >= 15 is 0 Å².